The molecule has 3 amide bonds. The predicted octanol–water partition coefficient (Wildman–Crippen LogP) is 1.81. The number of ether oxygens (including phenoxy) is 1. The highest BCUT2D eigenvalue weighted by molar-refractivity contribution is 6.30. The van der Waals surface area contributed by atoms with E-state index >= 15 is 0 Å². The highest BCUT2D eigenvalue weighted by Crippen LogP contribution is 2.12. The fourth-order valence-electron chi connectivity index (χ4n) is 2.59. The van der Waals surface area contributed by atoms with Crippen molar-refractivity contribution in [3.63, 3.8) is 0 Å². The first-order valence-electron chi connectivity index (χ1n) is 8.24. The molecule has 1 heterocycles. The summed E-state index contributed by atoms with van der Waals surface area (Å²) in [6.45, 7) is 3.09. The summed E-state index contributed by atoms with van der Waals surface area (Å²) in [6.07, 6.45) is 1.00. The van der Waals surface area contributed by atoms with Gasteiger partial charge in [-0.15, -0.1) is 0 Å². The fourth-order valence-corrected chi connectivity index (χ4v) is 2.78. The van der Waals surface area contributed by atoms with Crippen LogP contribution in [0.5, 0.6) is 0 Å². The van der Waals surface area contributed by atoms with Gasteiger partial charge in [0.25, 0.3) is 5.91 Å². The van der Waals surface area contributed by atoms with Crippen LogP contribution < -0.4 is 10.6 Å². The highest BCUT2D eigenvalue weighted by Gasteiger charge is 2.24. The Morgan fingerprint density at radius 1 is 1.28 bits per heavy atom. The Morgan fingerprint density at radius 3 is 2.64 bits per heavy atom. The first-order chi connectivity index (χ1) is 12.0. The van der Waals surface area contributed by atoms with E-state index in [2.05, 4.69) is 10.6 Å². The molecular weight excluding hydrogens is 346 g/mol. The van der Waals surface area contributed by atoms with Crippen LogP contribution in [0.2, 0.25) is 5.02 Å². The average Bonchev–Trinajstić information content (AvgIpc) is 2.60. The molecule has 0 unspecified atom stereocenters. The Bertz CT molecular complexity index is 630. The summed E-state index contributed by atoms with van der Waals surface area (Å²) in [7, 11) is 0. The van der Waals surface area contributed by atoms with Gasteiger partial charge in [0.15, 0.2) is 0 Å². The number of rotatable bonds is 5. The minimum absolute atomic E-state index is 0.0127. The molecule has 0 atom stereocenters. The van der Waals surface area contributed by atoms with Gasteiger partial charge >= 0.3 is 6.09 Å². The molecule has 0 bridgehead atoms. The third-order valence-corrected chi connectivity index (χ3v) is 4.12. The number of hydrogen-bond acceptors (Lipinski definition) is 4. The molecule has 2 rings (SSSR count). The molecule has 1 saturated heterocycles. The lowest BCUT2D eigenvalue weighted by molar-refractivity contribution is -0.121. The van der Waals surface area contributed by atoms with Crippen LogP contribution in [0.1, 0.15) is 30.1 Å². The van der Waals surface area contributed by atoms with Gasteiger partial charge in [-0.1, -0.05) is 17.7 Å². The van der Waals surface area contributed by atoms with E-state index < -0.39 is 0 Å². The fraction of sp³-hybridized carbons (Fsp3) is 0.471. The third kappa shape index (κ3) is 5.94. The molecule has 1 aromatic carbocycles. The van der Waals surface area contributed by atoms with Gasteiger partial charge in [0.2, 0.25) is 5.91 Å². The summed E-state index contributed by atoms with van der Waals surface area (Å²) in [5.41, 5.74) is 0.406. The van der Waals surface area contributed by atoms with Crippen molar-refractivity contribution >= 4 is 29.5 Å². The maximum absolute atomic E-state index is 12.0. The smallest absolute Gasteiger partial charge is 0.409 e. The van der Waals surface area contributed by atoms with Crippen molar-refractivity contribution in [3.8, 4) is 0 Å². The molecule has 0 aliphatic carbocycles. The van der Waals surface area contributed by atoms with Crippen molar-refractivity contribution in [2.24, 2.45) is 0 Å². The number of amides is 3. The SMILES string of the molecule is CCOC(=O)N1CCC(NC(=O)CNC(=O)c2cccc(Cl)c2)CC1. The lowest BCUT2D eigenvalue weighted by atomic mass is 10.1. The van der Waals surface area contributed by atoms with Crippen LogP contribution in [0, 0.1) is 0 Å². The first kappa shape index (κ1) is 19.1. The number of carbonyl (C=O) groups excluding carboxylic acids is 3. The molecule has 2 N–H and O–H groups in total. The summed E-state index contributed by atoms with van der Waals surface area (Å²) < 4.78 is 4.96. The molecule has 1 fully saturated rings. The second-order valence-electron chi connectivity index (χ2n) is 5.72. The van der Waals surface area contributed by atoms with Crippen molar-refractivity contribution in [2.75, 3.05) is 26.2 Å². The van der Waals surface area contributed by atoms with Gasteiger partial charge in [-0.2, -0.15) is 0 Å². The molecule has 0 saturated carbocycles. The van der Waals surface area contributed by atoms with Crippen molar-refractivity contribution < 1.29 is 19.1 Å². The van der Waals surface area contributed by atoms with Crippen LogP contribution in [-0.4, -0.2) is 55.1 Å². The summed E-state index contributed by atoms with van der Waals surface area (Å²) in [5, 5.41) is 5.90. The zero-order valence-corrected chi connectivity index (χ0v) is 14.8. The predicted molar refractivity (Wildman–Crippen MR) is 93.5 cm³/mol. The molecule has 7 nitrogen and oxygen atoms in total. The molecule has 1 aliphatic heterocycles. The number of nitrogens with one attached hydrogen (secondary N) is 2. The number of nitrogens with zero attached hydrogens (tertiary/aromatic N) is 1. The molecule has 1 aliphatic rings. The topological polar surface area (TPSA) is 87.7 Å². The minimum atomic E-state index is -0.352. The number of carbonyl (C=O) groups is 3. The summed E-state index contributed by atoms with van der Waals surface area (Å²) in [6, 6.07) is 6.51. The van der Waals surface area contributed by atoms with E-state index in [0.29, 0.717) is 43.1 Å². The highest BCUT2D eigenvalue weighted by atomic mass is 35.5. The molecule has 25 heavy (non-hydrogen) atoms. The Kier molecular flexibility index (Phi) is 7.06. The zero-order chi connectivity index (χ0) is 18.2. The lowest BCUT2D eigenvalue weighted by Crippen LogP contribution is -2.48. The second kappa shape index (κ2) is 9.27. The van der Waals surface area contributed by atoms with Crippen molar-refractivity contribution in [1.29, 1.82) is 0 Å². The maximum Gasteiger partial charge on any atom is 0.409 e. The first-order valence-corrected chi connectivity index (χ1v) is 8.62. The van der Waals surface area contributed by atoms with Gasteiger partial charge in [-0.3, -0.25) is 9.59 Å². The van der Waals surface area contributed by atoms with Crippen molar-refractivity contribution in [1.82, 2.24) is 15.5 Å². The van der Waals surface area contributed by atoms with Crippen LogP contribution in [-0.2, 0) is 9.53 Å². The van der Waals surface area contributed by atoms with Gasteiger partial charge in [-0.05, 0) is 38.0 Å². The van der Waals surface area contributed by atoms with E-state index in [9.17, 15) is 14.4 Å². The van der Waals surface area contributed by atoms with E-state index in [1.54, 1.807) is 36.1 Å². The normalized spacial score (nSPS) is 14.7. The summed E-state index contributed by atoms with van der Waals surface area (Å²) >= 11 is 5.84. The largest absolute Gasteiger partial charge is 0.450 e. The van der Waals surface area contributed by atoms with Gasteiger partial charge in [0.1, 0.15) is 0 Å². The lowest BCUT2D eigenvalue weighted by Gasteiger charge is -2.31. The zero-order valence-electron chi connectivity index (χ0n) is 14.1. The van der Waals surface area contributed by atoms with Crippen LogP contribution in [0.3, 0.4) is 0 Å². The van der Waals surface area contributed by atoms with E-state index in [1.165, 1.54) is 0 Å². The van der Waals surface area contributed by atoms with E-state index in [-0.39, 0.29) is 30.5 Å². The van der Waals surface area contributed by atoms with Crippen LogP contribution in [0.4, 0.5) is 4.79 Å². The summed E-state index contributed by atoms with van der Waals surface area (Å²) in [5.74, 6) is -0.611. The van der Waals surface area contributed by atoms with Gasteiger partial charge in [0, 0.05) is 29.7 Å². The van der Waals surface area contributed by atoms with Crippen LogP contribution in [0.15, 0.2) is 24.3 Å². The average molecular weight is 368 g/mol. The molecule has 0 aromatic heterocycles. The number of halogens is 1. The molecule has 0 radical (unpaired) electrons. The van der Waals surface area contributed by atoms with E-state index in [0.717, 1.165) is 0 Å². The number of hydrogen-bond donors (Lipinski definition) is 2. The van der Waals surface area contributed by atoms with Crippen LogP contribution >= 0.6 is 11.6 Å². The quantitative estimate of drug-likeness (QED) is 0.830. The summed E-state index contributed by atoms with van der Waals surface area (Å²) in [4.78, 5) is 37.2. The van der Waals surface area contributed by atoms with Crippen molar-refractivity contribution in [2.45, 2.75) is 25.8 Å². The van der Waals surface area contributed by atoms with Crippen molar-refractivity contribution in [3.05, 3.63) is 34.9 Å². The van der Waals surface area contributed by atoms with Gasteiger partial charge in [0.05, 0.1) is 13.2 Å². The van der Waals surface area contributed by atoms with Gasteiger partial charge in [-0.25, -0.2) is 4.79 Å². The standard InChI is InChI=1S/C17H22ClN3O4/c1-2-25-17(24)21-8-6-14(7-9-21)20-15(22)11-19-16(23)12-4-3-5-13(18)10-12/h3-5,10,14H,2,6-9,11H2,1H3,(H,19,23)(H,20,22). The maximum atomic E-state index is 12.0. The Hall–Kier alpha value is -2.28. The number of piperidine rings is 1. The third-order valence-electron chi connectivity index (χ3n) is 3.88. The molecular formula is C17H22ClN3O4. The Balaban J connectivity index is 1.71. The minimum Gasteiger partial charge on any atom is -0.450 e. The van der Waals surface area contributed by atoms with E-state index in [1.807, 2.05) is 0 Å². The number of benzene rings is 1. The van der Waals surface area contributed by atoms with Gasteiger partial charge < -0.3 is 20.3 Å². The Morgan fingerprint density at radius 2 is 2.00 bits per heavy atom. The van der Waals surface area contributed by atoms with E-state index in [4.69, 9.17) is 16.3 Å². The monoisotopic (exact) mass is 367 g/mol. The number of likely N-dealkylation sites (tertiary alicyclic amines) is 1. The molecule has 1 aromatic rings. The van der Waals surface area contributed by atoms with Crippen LogP contribution in [0.25, 0.3) is 0 Å². The molecule has 0 spiro atoms. The second-order valence-corrected chi connectivity index (χ2v) is 6.16. The Labute approximate surface area is 151 Å². The molecule has 136 valence electrons. The molecule has 8 heteroatoms.